The first-order chi connectivity index (χ1) is 6.31. The van der Waals surface area contributed by atoms with Crippen molar-refractivity contribution < 1.29 is 14.1 Å². The van der Waals surface area contributed by atoms with Gasteiger partial charge in [0.25, 0.3) is 0 Å². The Bertz CT molecular complexity index is 287. The molecule has 4 N–H and O–H groups in total. The Kier molecular flexibility index (Phi) is 5.07. The van der Waals surface area contributed by atoms with Gasteiger partial charge in [0, 0.05) is 20.7 Å². The predicted octanol–water partition coefficient (Wildman–Crippen LogP) is 0.634. The molecule has 0 aliphatic rings. The van der Waals surface area contributed by atoms with E-state index < -0.39 is 21.7 Å². The van der Waals surface area contributed by atoms with Crippen molar-refractivity contribution in [2.75, 3.05) is 5.75 Å². The number of carboxylic acid groups (broad SMARTS) is 1. The van der Waals surface area contributed by atoms with Gasteiger partial charge in [0.2, 0.25) is 0 Å². The summed E-state index contributed by atoms with van der Waals surface area (Å²) in [5.41, 5.74) is 5.26. The lowest BCUT2D eigenvalue weighted by atomic mass is 10.2. The van der Waals surface area contributed by atoms with Gasteiger partial charge >= 0.3 is 5.97 Å². The summed E-state index contributed by atoms with van der Waals surface area (Å²) in [5.74, 6) is -1.04. The van der Waals surface area contributed by atoms with E-state index in [9.17, 15) is 9.00 Å². The first-order valence-corrected chi connectivity index (χ1v) is 6.34. The molecule has 5 nitrogen and oxygen atoms in total. The van der Waals surface area contributed by atoms with E-state index in [4.69, 9.17) is 15.6 Å². The highest BCUT2D eigenvalue weighted by Crippen LogP contribution is 2.09. The summed E-state index contributed by atoms with van der Waals surface area (Å²) in [7, 11) is -2.68. The smallest absolute Gasteiger partial charge is 0.320 e. The number of aliphatic carboxylic acids is 1. The van der Waals surface area contributed by atoms with E-state index in [1.165, 1.54) is 0 Å². The van der Waals surface area contributed by atoms with Gasteiger partial charge in [0.15, 0.2) is 0 Å². The zero-order chi connectivity index (χ0) is 11.4. The number of nitrogens with two attached hydrogens (primary N) is 1. The average molecular weight is 222 g/mol. The van der Waals surface area contributed by atoms with Crippen molar-refractivity contribution in [3.63, 3.8) is 0 Å². The van der Waals surface area contributed by atoms with Crippen molar-refractivity contribution in [1.29, 1.82) is 4.78 Å². The molecule has 0 saturated heterocycles. The van der Waals surface area contributed by atoms with Crippen LogP contribution < -0.4 is 5.73 Å². The Balaban J connectivity index is 4.20. The van der Waals surface area contributed by atoms with Gasteiger partial charge < -0.3 is 10.8 Å². The lowest BCUT2D eigenvalue weighted by Crippen LogP contribution is -2.33. The number of hydrogen-bond acceptors (Lipinski definition) is 4. The van der Waals surface area contributed by atoms with Gasteiger partial charge in [-0.2, -0.15) is 0 Å². The van der Waals surface area contributed by atoms with Crippen LogP contribution in [-0.2, 0) is 14.5 Å². The number of carboxylic acids is 1. The standard InChI is InChI=1S/C8H18N2O3S/c1-3-6(2)14(10,13)5-4-7(9)8(11)12/h6-7,10H,3-5,9H2,1-2H3,(H,11,12)/t6-,7-,14+/m0/s1. The maximum Gasteiger partial charge on any atom is 0.320 e. The maximum absolute atomic E-state index is 11.7. The van der Waals surface area contributed by atoms with Crippen molar-refractivity contribution in [2.45, 2.75) is 38.0 Å². The Morgan fingerprint density at radius 1 is 1.64 bits per heavy atom. The predicted molar refractivity (Wildman–Crippen MR) is 55.7 cm³/mol. The van der Waals surface area contributed by atoms with E-state index in [0.717, 1.165) is 0 Å². The zero-order valence-corrected chi connectivity index (χ0v) is 9.34. The van der Waals surface area contributed by atoms with E-state index in [1.54, 1.807) is 6.92 Å². The third kappa shape index (κ3) is 4.06. The van der Waals surface area contributed by atoms with Crippen LogP contribution in [0.25, 0.3) is 0 Å². The molecule has 6 heteroatoms. The third-order valence-electron chi connectivity index (χ3n) is 2.27. The van der Waals surface area contributed by atoms with Crippen molar-refractivity contribution in [1.82, 2.24) is 0 Å². The van der Waals surface area contributed by atoms with Gasteiger partial charge in [0.1, 0.15) is 6.04 Å². The van der Waals surface area contributed by atoms with Crippen LogP contribution in [0, 0.1) is 4.78 Å². The monoisotopic (exact) mass is 222 g/mol. The fraction of sp³-hybridized carbons (Fsp3) is 0.875. The molecule has 84 valence electrons. The summed E-state index contributed by atoms with van der Waals surface area (Å²) in [5, 5.41) is 8.29. The highest BCUT2D eigenvalue weighted by atomic mass is 32.2. The van der Waals surface area contributed by atoms with Crippen molar-refractivity contribution >= 4 is 15.7 Å². The van der Waals surface area contributed by atoms with Crippen LogP contribution in [0.2, 0.25) is 0 Å². The molecule has 0 rings (SSSR count). The van der Waals surface area contributed by atoms with Crippen LogP contribution in [0.15, 0.2) is 0 Å². The minimum absolute atomic E-state index is 0.0650. The molecule has 0 fully saturated rings. The van der Waals surface area contributed by atoms with Crippen LogP contribution in [0.1, 0.15) is 26.7 Å². The van der Waals surface area contributed by atoms with E-state index in [0.29, 0.717) is 6.42 Å². The first kappa shape index (κ1) is 13.4. The van der Waals surface area contributed by atoms with Gasteiger partial charge in [0.05, 0.1) is 0 Å². The fourth-order valence-corrected chi connectivity index (χ4v) is 2.44. The second kappa shape index (κ2) is 5.31. The minimum atomic E-state index is -2.68. The second-order valence-corrected chi connectivity index (χ2v) is 6.05. The summed E-state index contributed by atoms with van der Waals surface area (Å²) in [4.78, 5) is 10.4. The average Bonchev–Trinajstić information content (AvgIpc) is 2.12. The van der Waals surface area contributed by atoms with Gasteiger partial charge in [-0.25, -0.2) is 4.21 Å². The fourth-order valence-electron chi connectivity index (χ4n) is 0.896. The number of carbonyl (C=O) groups is 1. The molecule has 0 aromatic carbocycles. The van der Waals surface area contributed by atoms with Crippen LogP contribution in [-0.4, -0.2) is 32.3 Å². The molecular formula is C8H18N2O3S. The van der Waals surface area contributed by atoms with Gasteiger partial charge in [-0.15, -0.1) is 0 Å². The SMILES string of the molecule is CC[C@H](C)[S@](=N)(=O)CC[C@H](N)C(=O)O. The Labute approximate surface area is 84.7 Å². The number of rotatable bonds is 6. The van der Waals surface area contributed by atoms with Crippen molar-refractivity contribution in [3.8, 4) is 0 Å². The minimum Gasteiger partial charge on any atom is -0.480 e. The molecule has 0 aromatic heterocycles. The summed E-state index contributed by atoms with van der Waals surface area (Å²) < 4.78 is 19.2. The maximum atomic E-state index is 11.7. The van der Waals surface area contributed by atoms with Crippen LogP contribution >= 0.6 is 0 Å². The van der Waals surface area contributed by atoms with Crippen molar-refractivity contribution in [3.05, 3.63) is 0 Å². The lowest BCUT2D eigenvalue weighted by molar-refractivity contribution is -0.138. The number of nitrogens with one attached hydrogen (secondary N) is 1. The molecule has 0 aliphatic carbocycles. The lowest BCUT2D eigenvalue weighted by Gasteiger charge is -2.14. The molecule has 0 unspecified atom stereocenters. The summed E-state index contributed by atoms with van der Waals surface area (Å²) in [6.45, 7) is 3.59. The highest BCUT2D eigenvalue weighted by Gasteiger charge is 2.19. The normalized spacial score (nSPS) is 19.6. The molecule has 0 amide bonds. The van der Waals surface area contributed by atoms with Crippen LogP contribution in [0.4, 0.5) is 0 Å². The molecule has 14 heavy (non-hydrogen) atoms. The summed E-state index contributed by atoms with van der Waals surface area (Å²) >= 11 is 0. The third-order valence-corrected chi connectivity index (χ3v) is 4.75. The molecule has 0 aliphatic heterocycles. The largest absolute Gasteiger partial charge is 0.480 e. The Morgan fingerprint density at radius 3 is 2.50 bits per heavy atom. The topological polar surface area (TPSA) is 104 Å². The highest BCUT2D eigenvalue weighted by molar-refractivity contribution is 7.93. The quantitative estimate of drug-likeness (QED) is 0.613. The van der Waals surface area contributed by atoms with Gasteiger partial charge in [-0.3, -0.25) is 9.57 Å². The second-order valence-electron chi connectivity index (χ2n) is 3.38. The number of hydrogen-bond donors (Lipinski definition) is 3. The molecule has 0 saturated carbocycles. The zero-order valence-electron chi connectivity index (χ0n) is 8.53. The van der Waals surface area contributed by atoms with Gasteiger partial charge in [-0.05, 0) is 19.8 Å². The molecular weight excluding hydrogens is 204 g/mol. The first-order valence-electron chi connectivity index (χ1n) is 4.55. The van der Waals surface area contributed by atoms with Crippen molar-refractivity contribution in [2.24, 2.45) is 5.73 Å². The summed E-state index contributed by atoms with van der Waals surface area (Å²) in [6, 6.07) is -1.01. The van der Waals surface area contributed by atoms with Crippen LogP contribution in [0.5, 0.6) is 0 Å². The summed E-state index contributed by atoms with van der Waals surface area (Å²) in [6.07, 6.45) is 0.757. The van der Waals surface area contributed by atoms with E-state index in [-0.39, 0.29) is 17.4 Å². The van der Waals surface area contributed by atoms with Crippen LogP contribution in [0.3, 0.4) is 0 Å². The van der Waals surface area contributed by atoms with E-state index in [2.05, 4.69) is 0 Å². The molecule has 0 heterocycles. The Morgan fingerprint density at radius 2 is 2.14 bits per heavy atom. The molecule has 0 spiro atoms. The van der Waals surface area contributed by atoms with E-state index in [1.807, 2.05) is 6.92 Å². The molecule has 0 radical (unpaired) electrons. The molecule has 0 bridgehead atoms. The van der Waals surface area contributed by atoms with E-state index >= 15 is 0 Å². The molecule has 0 aromatic rings. The van der Waals surface area contributed by atoms with Gasteiger partial charge in [-0.1, -0.05) is 6.92 Å². The Hall–Kier alpha value is -0.620. The molecule has 3 atom stereocenters.